The summed E-state index contributed by atoms with van der Waals surface area (Å²) in [6.45, 7) is 4.82. The number of phosphoric acid groups is 1. The van der Waals surface area contributed by atoms with Crippen molar-refractivity contribution in [1.82, 2.24) is 5.32 Å². The van der Waals surface area contributed by atoms with Crippen LogP contribution in [-0.4, -0.2) is 73.4 Å². The largest absolute Gasteiger partial charge is 0.472 e. The van der Waals surface area contributed by atoms with Crippen molar-refractivity contribution >= 4 is 13.7 Å². The van der Waals surface area contributed by atoms with E-state index in [1.54, 1.807) is 0 Å². The molecule has 0 heterocycles. The van der Waals surface area contributed by atoms with Gasteiger partial charge in [-0.3, -0.25) is 13.8 Å². The molecule has 302 valence electrons. The van der Waals surface area contributed by atoms with E-state index in [1.165, 1.54) is 116 Å². The molecule has 0 spiro atoms. The van der Waals surface area contributed by atoms with Crippen LogP contribution in [0.1, 0.15) is 187 Å². The molecule has 0 rings (SSSR count). The van der Waals surface area contributed by atoms with Gasteiger partial charge in [-0.2, -0.15) is 0 Å². The molecule has 0 bridgehead atoms. The Kier molecular flexibility index (Phi) is 34.0. The average Bonchev–Trinajstić information content (AvgIpc) is 3.07. The Bertz CT molecular complexity index is 891. The third-order valence-electron chi connectivity index (χ3n) is 9.42. The molecular weight excluding hydrogens is 659 g/mol. The van der Waals surface area contributed by atoms with Gasteiger partial charge in [0, 0.05) is 6.42 Å². The number of amides is 1. The monoisotopic (exact) mass is 744 g/mol. The fourth-order valence-electron chi connectivity index (χ4n) is 5.97. The minimum Gasteiger partial charge on any atom is -0.391 e. The number of allylic oxidation sites excluding steroid dienone is 4. The quantitative estimate of drug-likeness (QED) is 0.0252. The zero-order chi connectivity index (χ0) is 37.9. The van der Waals surface area contributed by atoms with Crippen LogP contribution in [0.2, 0.25) is 0 Å². The Balaban J connectivity index is 4.33. The molecule has 51 heavy (non-hydrogen) atoms. The predicted octanol–water partition coefficient (Wildman–Crippen LogP) is 11.4. The first kappa shape index (κ1) is 50.0. The van der Waals surface area contributed by atoms with E-state index in [9.17, 15) is 19.4 Å². The Hall–Kier alpha value is -1.02. The summed E-state index contributed by atoms with van der Waals surface area (Å²) >= 11 is 0. The normalized spacial score (nSPS) is 14.7. The van der Waals surface area contributed by atoms with Gasteiger partial charge in [0.1, 0.15) is 13.2 Å². The third-order valence-corrected chi connectivity index (χ3v) is 10.4. The molecule has 0 aromatic heterocycles. The number of rotatable bonds is 38. The zero-order valence-corrected chi connectivity index (χ0v) is 35.0. The minimum absolute atomic E-state index is 0.0694. The van der Waals surface area contributed by atoms with Crippen molar-refractivity contribution in [2.24, 2.45) is 0 Å². The maximum atomic E-state index is 12.8. The molecule has 0 aliphatic carbocycles. The van der Waals surface area contributed by atoms with E-state index < -0.39 is 20.0 Å². The van der Waals surface area contributed by atoms with Gasteiger partial charge in [-0.25, -0.2) is 4.57 Å². The van der Waals surface area contributed by atoms with E-state index >= 15 is 0 Å². The maximum Gasteiger partial charge on any atom is 0.472 e. The minimum atomic E-state index is -4.31. The van der Waals surface area contributed by atoms with Gasteiger partial charge in [0.05, 0.1) is 39.9 Å². The molecule has 0 aliphatic rings. The van der Waals surface area contributed by atoms with E-state index in [-0.39, 0.29) is 19.1 Å². The Morgan fingerprint density at radius 2 is 1.06 bits per heavy atom. The number of aliphatic hydroxyl groups is 1. The van der Waals surface area contributed by atoms with Gasteiger partial charge in [0.2, 0.25) is 5.91 Å². The Labute approximate surface area is 315 Å². The lowest BCUT2D eigenvalue weighted by Gasteiger charge is -2.26. The molecule has 0 aromatic rings. The summed E-state index contributed by atoms with van der Waals surface area (Å²) in [5.74, 6) is -0.159. The lowest BCUT2D eigenvalue weighted by atomic mass is 10.0. The number of aliphatic hydroxyl groups excluding tert-OH is 1. The molecule has 0 radical (unpaired) electrons. The van der Waals surface area contributed by atoms with Gasteiger partial charge < -0.3 is 19.8 Å². The van der Waals surface area contributed by atoms with Crippen molar-refractivity contribution in [2.75, 3.05) is 40.9 Å². The molecule has 9 heteroatoms. The number of nitrogens with one attached hydrogen (secondary N) is 1. The highest BCUT2D eigenvalue weighted by molar-refractivity contribution is 7.47. The van der Waals surface area contributed by atoms with Crippen molar-refractivity contribution in [1.29, 1.82) is 0 Å². The van der Waals surface area contributed by atoms with E-state index in [2.05, 4.69) is 43.5 Å². The zero-order valence-electron chi connectivity index (χ0n) is 34.1. The molecular formula is C42H84N2O6P+. The van der Waals surface area contributed by atoms with Crippen molar-refractivity contribution in [3.8, 4) is 0 Å². The second-order valence-electron chi connectivity index (χ2n) is 15.7. The number of likely N-dealkylation sites (N-methyl/N-ethyl adjacent to an activating group) is 1. The summed E-state index contributed by atoms with van der Waals surface area (Å²) in [4.78, 5) is 23.1. The highest BCUT2D eigenvalue weighted by Gasteiger charge is 2.28. The first-order valence-electron chi connectivity index (χ1n) is 21.2. The number of carbonyl (C=O) groups excluding carboxylic acids is 1. The summed E-state index contributed by atoms with van der Waals surface area (Å²) in [7, 11) is 1.60. The number of nitrogens with zero attached hydrogens (tertiary/aromatic N) is 1. The maximum absolute atomic E-state index is 12.8. The number of quaternary nitrogens is 1. The SMILES string of the molecule is CCCCCC/C=C/CCCC[C@@H](O)[C@H](COP(=O)(O)OCC[N+](C)(C)C)NC(=O)CCCCCCCCCCC/C=C/CCCCCCCC. The molecule has 1 amide bonds. The molecule has 0 aliphatic heterocycles. The van der Waals surface area contributed by atoms with Gasteiger partial charge in [-0.15, -0.1) is 0 Å². The van der Waals surface area contributed by atoms with Crippen LogP contribution in [0.5, 0.6) is 0 Å². The van der Waals surface area contributed by atoms with Crippen LogP contribution in [0, 0.1) is 0 Å². The molecule has 8 nitrogen and oxygen atoms in total. The summed E-state index contributed by atoms with van der Waals surface area (Å²) in [6, 6.07) is -0.773. The Morgan fingerprint density at radius 1 is 0.647 bits per heavy atom. The van der Waals surface area contributed by atoms with Crippen LogP contribution in [0.25, 0.3) is 0 Å². The molecule has 0 fully saturated rings. The van der Waals surface area contributed by atoms with Gasteiger partial charge >= 0.3 is 7.82 Å². The van der Waals surface area contributed by atoms with Crippen LogP contribution >= 0.6 is 7.82 Å². The molecule has 0 saturated carbocycles. The fraction of sp³-hybridized carbons (Fsp3) is 0.881. The second kappa shape index (κ2) is 34.7. The number of carbonyl (C=O) groups is 1. The Morgan fingerprint density at radius 3 is 1.53 bits per heavy atom. The number of unbranched alkanes of at least 4 members (excludes halogenated alkanes) is 21. The standard InChI is InChI=1S/C42H83N2O6P/c1-6-8-10-12-14-16-18-19-20-21-22-23-24-25-26-28-30-32-34-36-42(46)43-40(39-50-51(47,48)49-38-37-44(3,4)5)41(45)35-33-31-29-27-17-15-13-11-9-7-2/h17,19-20,27,40-41,45H,6-16,18,21-26,28-39H2,1-5H3,(H-,43,46,47,48)/p+1/b20-19+,27-17+/t40-,41+/m0/s1. The van der Waals surface area contributed by atoms with Gasteiger partial charge in [-0.05, 0) is 64.2 Å². The third kappa shape index (κ3) is 37.1. The van der Waals surface area contributed by atoms with Crippen molar-refractivity contribution < 1.29 is 32.9 Å². The number of hydrogen-bond donors (Lipinski definition) is 3. The first-order chi connectivity index (χ1) is 24.5. The predicted molar refractivity (Wildman–Crippen MR) is 217 cm³/mol. The summed E-state index contributed by atoms with van der Waals surface area (Å²) in [5.41, 5.74) is 0. The average molecular weight is 744 g/mol. The lowest BCUT2D eigenvalue weighted by molar-refractivity contribution is -0.870. The first-order valence-corrected chi connectivity index (χ1v) is 22.7. The number of phosphoric ester groups is 1. The van der Waals surface area contributed by atoms with Gasteiger partial charge in [0.25, 0.3) is 0 Å². The highest BCUT2D eigenvalue weighted by atomic mass is 31.2. The van der Waals surface area contributed by atoms with Gasteiger partial charge in [0.15, 0.2) is 0 Å². The lowest BCUT2D eigenvalue weighted by Crippen LogP contribution is -2.46. The molecule has 0 saturated heterocycles. The van der Waals surface area contributed by atoms with E-state index in [0.29, 0.717) is 23.9 Å². The van der Waals surface area contributed by atoms with Crippen LogP contribution in [0.3, 0.4) is 0 Å². The second-order valence-corrected chi connectivity index (χ2v) is 17.2. The van der Waals surface area contributed by atoms with Crippen LogP contribution in [0.4, 0.5) is 0 Å². The number of hydrogen-bond acceptors (Lipinski definition) is 5. The summed E-state index contributed by atoms with van der Waals surface area (Å²) in [5, 5.41) is 13.9. The van der Waals surface area contributed by atoms with Crippen LogP contribution in [0.15, 0.2) is 24.3 Å². The molecule has 3 atom stereocenters. The van der Waals surface area contributed by atoms with Crippen LogP contribution in [-0.2, 0) is 18.4 Å². The smallest absolute Gasteiger partial charge is 0.391 e. The summed E-state index contributed by atoms with van der Waals surface area (Å²) < 4.78 is 23.5. The van der Waals surface area contributed by atoms with Crippen molar-refractivity contribution in [3.05, 3.63) is 24.3 Å². The molecule has 1 unspecified atom stereocenters. The topological polar surface area (TPSA) is 105 Å². The molecule has 3 N–H and O–H groups in total. The van der Waals surface area contributed by atoms with Crippen molar-refractivity contribution in [2.45, 2.75) is 199 Å². The highest BCUT2D eigenvalue weighted by Crippen LogP contribution is 2.43. The van der Waals surface area contributed by atoms with E-state index in [4.69, 9.17) is 9.05 Å². The van der Waals surface area contributed by atoms with E-state index in [1.807, 2.05) is 21.1 Å². The fourth-order valence-corrected chi connectivity index (χ4v) is 6.71. The van der Waals surface area contributed by atoms with Gasteiger partial charge in [-0.1, -0.05) is 141 Å². The van der Waals surface area contributed by atoms with E-state index in [0.717, 1.165) is 44.9 Å². The van der Waals surface area contributed by atoms with Crippen LogP contribution < -0.4 is 5.32 Å². The summed E-state index contributed by atoms with van der Waals surface area (Å²) in [6.07, 6.45) is 39.2. The van der Waals surface area contributed by atoms with Crippen molar-refractivity contribution in [3.63, 3.8) is 0 Å². The molecule has 0 aromatic carbocycles.